The summed E-state index contributed by atoms with van der Waals surface area (Å²) in [6, 6.07) is 15.2. The number of benzene rings is 2. The number of carbonyl (C=O) groups excluding carboxylic acids is 1. The van der Waals surface area contributed by atoms with Crippen LogP contribution < -0.4 is 10.3 Å². The van der Waals surface area contributed by atoms with E-state index < -0.39 is 0 Å². The van der Waals surface area contributed by atoms with E-state index in [-0.39, 0.29) is 23.9 Å². The molecule has 0 spiro atoms. The topological polar surface area (TPSA) is 59.2 Å². The van der Waals surface area contributed by atoms with Gasteiger partial charge in [-0.05, 0) is 30.2 Å². The van der Waals surface area contributed by atoms with E-state index in [1.54, 1.807) is 0 Å². The lowest BCUT2D eigenvalue weighted by Gasteiger charge is -2.26. The minimum Gasteiger partial charge on any atom is -0.425 e. The van der Waals surface area contributed by atoms with Crippen molar-refractivity contribution in [1.82, 2.24) is 4.98 Å². The third-order valence-corrected chi connectivity index (χ3v) is 4.41. The van der Waals surface area contributed by atoms with E-state index in [0.717, 1.165) is 16.5 Å². The van der Waals surface area contributed by atoms with Crippen LogP contribution in [-0.2, 0) is 4.79 Å². The SMILES string of the molecule is Cc1ccccc1[C@H]1CC(=O)Oc2c1c(=O)[nH]c1ccccc21. The molecule has 0 aliphatic carbocycles. The predicted molar refractivity (Wildman–Crippen MR) is 87.8 cm³/mol. The second-order valence-corrected chi connectivity index (χ2v) is 5.83. The maximum atomic E-state index is 12.6. The fourth-order valence-corrected chi connectivity index (χ4v) is 3.32. The van der Waals surface area contributed by atoms with E-state index in [9.17, 15) is 9.59 Å². The quantitative estimate of drug-likeness (QED) is 0.702. The summed E-state index contributed by atoms with van der Waals surface area (Å²) >= 11 is 0. The van der Waals surface area contributed by atoms with Crippen LogP contribution in [0.2, 0.25) is 0 Å². The predicted octanol–water partition coefficient (Wildman–Crippen LogP) is 3.28. The number of fused-ring (bicyclic) bond motifs is 3. The zero-order chi connectivity index (χ0) is 16.0. The first-order chi connectivity index (χ1) is 11.1. The fraction of sp³-hybridized carbons (Fsp3) is 0.158. The highest BCUT2D eigenvalue weighted by atomic mass is 16.5. The van der Waals surface area contributed by atoms with Gasteiger partial charge in [-0.3, -0.25) is 9.59 Å². The minimum atomic E-state index is -0.304. The normalized spacial score (nSPS) is 16.9. The molecule has 114 valence electrons. The van der Waals surface area contributed by atoms with Crippen molar-refractivity contribution in [2.45, 2.75) is 19.3 Å². The van der Waals surface area contributed by atoms with Crippen molar-refractivity contribution in [3.05, 3.63) is 75.6 Å². The highest BCUT2D eigenvalue weighted by Crippen LogP contribution is 2.40. The van der Waals surface area contributed by atoms with E-state index in [2.05, 4.69) is 4.98 Å². The lowest BCUT2D eigenvalue weighted by Crippen LogP contribution is -2.28. The van der Waals surface area contributed by atoms with Crippen LogP contribution >= 0.6 is 0 Å². The maximum Gasteiger partial charge on any atom is 0.312 e. The standard InChI is InChI=1S/C19H15NO3/c1-11-6-2-3-7-12(11)14-10-16(21)23-18-13-8-4-5-9-15(13)20-19(22)17(14)18/h2-9,14H,10H2,1H3,(H,20,22)/t14-/m1/s1. The molecule has 4 rings (SSSR count). The molecule has 23 heavy (non-hydrogen) atoms. The Morgan fingerprint density at radius 1 is 1.04 bits per heavy atom. The number of pyridine rings is 1. The molecule has 1 aliphatic heterocycles. The van der Waals surface area contributed by atoms with Crippen LogP contribution in [0.3, 0.4) is 0 Å². The number of nitrogens with one attached hydrogen (secondary N) is 1. The molecule has 0 saturated heterocycles. The first-order valence-electron chi connectivity index (χ1n) is 7.56. The van der Waals surface area contributed by atoms with Gasteiger partial charge >= 0.3 is 5.97 Å². The highest BCUT2D eigenvalue weighted by Gasteiger charge is 2.33. The molecule has 1 atom stereocenters. The third kappa shape index (κ3) is 2.14. The van der Waals surface area contributed by atoms with Crippen LogP contribution in [0.4, 0.5) is 0 Å². The maximum absolute atomic E-state index is 12.6. The molecule has 4 nitrogen and oxygen atoms in total. The second-order valence-electron chi connectivity index (χ2n) is 5.83. The van der Waals surface area contributed by atoms with E-state index >= 15 is 0 Å². The molecule has 0 saturated carbocycles. The number of aromatic amines is 1. The third-order valence-electron chi connectivity index (χ3n) is 4.41. The molecule has 0 fully saturated rings. The van der Waals surface area contributed by atoms with Gasteiger partial charge in [-0.25, -0.2) is 0 Å². The minimum absolute atomic E-state index is 0.180. The Kier molecular flexibility index (Phi) is 3.05. The molecule has 4 heteroatoms. The van der Waals surface area contributed by atoms with Gasteiger partial charge in [-0.2, -0.15) is 0 Å². The molecule has 0 unspecified atom stereocenters. The van der Waals surface area contributed by atoms with Gasteiger partial charge in [0.15, 0.2) is 0 Å². The summed E-state index contributed by atoms with van der Waals surface area (Å²) in [6.07, 6.45) is 0.180. The first kappa shape index (κ1) is 13.8. The molecule has 0 radical (unpaired) electrons. The smallest absolute Gasteiger partial charge is 0.312 e. The number of hydrogen-bond donors (Lipinski definition) is 1. The summed E-state index contributed by atoms with van der Waals surface area (Å²) < 4.78 is 5.46. The summed E-state index contributed by atoms with van der Waals surface area (Å²) in [6.45, 7) is 1.99. The van der Waals surface area contributed by atoms with Gasteiger partial charge in [0, 0.05) is 11.3 Å². The summed E-state index contributed by atoms with van der Waals surface area (Å²) in [4.78, 5) is 27.7. The molecular weight excluding hydrogens is 290 g/mol. The van der Waals surface area contributed by atoms with Gasteiger partial charge in [0.2, 0.25) is 0 Å². The van der Waals surface area contributed by atoms with E-state index in [1.807, 2.05) is 55.5 Å². The van der Waals surface area contributed by atoms with Gasteiger partial charge < -0.3 is 9.72 Å². The van der Waals surface area contributed by atoms with Gasteiger partial charge in [0.25, 0.3) is 5.56 Å². The Bertz CT molecular complexity index is 987. The van der Waals surface area contributed by atoms with Crippen LogP contribution in [0, 0.1) is 6.92 Å². The number of rotatable bonds is 1. The van der Waals surface area contributed by atoms with Crippen LogP contribution in [0.1, 0.15) is 29.0 Å². The van der Waals surface area contributed by atoms with Crippen LogP contribution in [-0.4, -0.2) is 11.0 Å². The van der Waals surface area contributed by atoms with Crippen LogP contribution in [0.15, 0.2) is 53.3 Å². The monoisotopic (exact) mass is 305 g/mol. The molecule has 1 aliphatic rings. The molecule has 1 N–H and O–H groups in total. The molecule has 2 heterocycles. The van der Waals surface area contributed by atoms with Crippen LogP contribution in [0.5, 0.6) is 5.75 Å². The van der Waals surface area contributed by atoms with Crippen molar-refractivity contribution in [2.24, 2.45) is 0 Å². The van der Waals surface area contributed by atoms with Crippen molar-refractivity contribution in [3.63, 3.8) is 0 Å². The van der Waals surface area contributed by atoms with E-state index in [0.29, 0.717) is 16.8 Å². The van der Waals surface area contributed by atoms with Crippen molar-refractivity contribution in [1.29, 1.82) is 0 Å². The number of H-pyrrole nitrogens is 1. The summed E-state index contributed by atoms with van der Waals surface area (Å²) in [5.74, 6) is -0.184. The molecule has 0 amide bonds. The Balaban J connectivity index is 2.05. The van der Waals surface area contributed by atoms with Crippen molar-refractivity contribution in [3.8, 4) is 5.75 Å². The Morgan fingerprint density at radius 2 is 1.78 bits per heavy atom. The van der Waals surface area contributed by atoms with Crippen molar-refractivity contribution >= 4 is 16.9 Å². The average molecular weight is 305 g/mol. The second kappa shape index (κ2) is 5.09. The average Bonchev–Trinajstić information content (AvgIpc) is 2.54. The van der Waals surface area contributed by atoms with Crippen molar-refractivity contribution in [2.75, 3.05) is 0 Å². The Hall–Kier alpha value is -2.88. The number of para-hydroxylation sites is 1. The number of carbonyl (C=O) groups is 1. The van der Waals surface area contributed by atoms with Gasteiger partial charge in [0.05, 0.1) is 17.5 Å². The fourth-order valence-electron chi connectivity index (χ4n) is 3.32. The summed E-state index contributed by atoms with van der Waals surface area (Å²) in [5.41, 5.74) is 3.07. The number of esters is 1. The first-order valence-corrected chi connectivity index (χ1v) is 7.56. The molecule has 3 aromatic rings. The zero-order valence-corrected chi connectivity index (χ0v) is 12.6. The highest BCUT2D eigenvalue weighted by molar-refractivity contribution is 5.91. The summed E-state index contributed by atoms with van der Waals surface area (Å²) in [7, 11) is 0. The molecule has 1 aromatic heterocycles. The molecule has 2 aromatic carbocycles. The number of ether oxygens (including phenoxy) is 1. The Labute approximate surface area is 132 Å². The van der Waals surface area contributed by atoms with E-state index in [4.69, 9.17) is 4.74 Å². The van der Waals surface area contributed by atoms with Crippen LogP contribution in [0.25, 0.3) is 10.9 Å². The lowest BCUT2D eigenvalue weighted by molar-refractivity contribution is -0.135. The van der Waals surface area contributed by atoms with Crippen molar-refractivity contribution < 1.29 is 9.53 Å². The number of aromatic nitrogens is 1. The summed E-state index contributed by atoms with van der Waals surface area (Å²) in [5, 5.41) is 0.758. The van der Waals surface area contributed by atoms with Gasteiger partial charge in [-0.1, -0.05) is 36.4 Å². The zero-order valence-electron chi connectivity index (χ0n) is 12.6. The Morgan fingerprint density at radius 3 is 2.61 bits per heavy atom. The lowest BCUT2D eigenvalue weighted by atomic mass is 9.84. The largest absolute Gasteiger partial charge is 0.425 e. The van der Waals surface area contributed by atoms with E-state index in [1.165, 1.54) is 0 Å². The number of aryl methyl sites for hydroxylation is 1. The number of hydrogen-bond acceptors (Lipinski definition) is 3. The van der Waals surface area contributed by atoms with Gasteiger partial charge in [-0.15, -0.1) is 0 Å². The van der Waals surface area contributed by atoms with Gasteiger partial charge in [0.1, 0.15) is 5.75 Å². The molecule has 0 bridgehead atoms. The molecular formula is C19H15NO3.